The maximum Gasteiger partial charge on any atom is 0.127 e. The summed E-state index contributed by atoms with van der Waals surface area (Å²) in [5.74, 6) is 4.43. The van der Waals surface area contributed by atoms with Gasteiger partial charge in [0.15, 0.2) is 0 Å². The van der Waals surface area contributed by atoms with Gasteiger partial charge in [-0.3, -0.25) is 0 Å². The molecule has 1 aromatic heterocycles. The molecular weight excluding hydrogens is 246 g/mol. The maximum absolute atomic E-state index is 6.15. The fraction of sp³-hybridized carbons (Fsp3) is 0.706. The molecule has 0 spiro atoms. The lowest BCUT2D eigenvalue weighted by molar-refractivity contribution is 0.587. The van der Waals surface area contributed by atoms with Crippen molar-refractivity contribution < 1.29 is 0 Å². The number of anilines is 1. The average Bonchev–Trinajstić information content (AvgIpc) is 2.75. The molecule has 0 aromatic carbocycles. The quantitative estimate of drug-likeness (QED) is 0.519. The summed E-state index contributed by atoms with van der Waals surface area (Å²) in [6, 6.07) is 0. The van der Waals surface area contributed by atoms with Crippen molar-refractivity contribution in [2.45, 2.75) is 78.2 Å². The summed E-state index contributed by atoms with van der Waals surface area (Å²) in [6.45, 7) is 4.87. The molecule has 1 aromatic rings. The number of nitrogen functional groups attached to an aromatic ring is 1. The summed E-state index contributed by atoms with van der Waals surface area (Å²) in [7, 11) is 0. The average molecular weight is 275 g/mol. The predicted molar refractivity (Wildman–Crippen MR) is 86.5 cm³/mol. The van der Waals surface area contributed by atoms with Crippen LogP contribution in [0.3, 0.4) is 0 Å². The van der Waals surface area contributed by atoms with Crippen LogP contribution in [0.25, 0.3) is 0 Å². The number of imidazole rings is 1. The molecule has 0 amide bonds. The monoisotopic (exact) mass is 275 g/mol. The molecule has 1 rings (SSSR count). The van der Waals surface area contributed by atoms with Gasteiger partial charge in [-0.1, -0.05) is 58.3 Å². The number of hydrogen-bond donors (Lipinski definition) is 1. The Morgan fingerprint density at radius 3 is 2.35 bits per heavy atom. The topological polar surface area (TPSA) is 43.8 Å². The largest absolute Gasteiger partial charge is 0.384 e. The van der Waals surface area contributed by atoms with Crippen molar-refractivity contribution in [3.05, 3.63) is 11.5 Å². The van der Waals surface area contributed by atoms with Crippen molar-refractivity contribution in [3.63, 3.8) is 0 Å². The highest BCUT2D eigenvalue weighted by atomic mass is 15.1. The van der Waals surface area contributed by atoms with Gasteiger partial charge in [-0.15, -0.1) is 6.42 Å². The number of hydrogen-bond acceptors (Lipinski definition) is 2. The first-order valence-electron chi connectivity index (χ1n) is 8.01. The molecule has 20 heavy (non-hydrogen) atoms. The fourth-order valence-corrected chi connectivity index (χ4v) is 2.54. The van der Waals surface area contributed by atoms with Crippen LogP contribution in [0.1, 0.15) is 70.3 Å². The molecule has 0 aliphatic carbocycles. The number of aromatic nitrogens is 2. The van der Waals surface area contributed by atoms with E-state index >= 15 is 0 Å². The second-order valence-corrected chi connectivity index (χ2v) is 5.38. The summed E-state index contributed by atoms with van der Waals surface area (Å²) in [5, 5.41) is 0. The van der Waals surface area contributed by atoms with Gasteiger partial charge in [-0.25, -0.2) is 4.98 Å². The number of terminal acetylenes is 1. The lowest BCUT2D eigenvalue weighted by Gasteiger charge is -2.04. The zero-order valence-electron chi connectivity index (χ0n) is 13.1. The number of unbranched alkanes of at least 4 members (excludes halogenated alkanes) is 6. The van der Waals surface area contributed by atoms with Crippen LogP contribution in [0.5, 0.6) is 0 Å². The van der Waals surface area contributed by atoms with E-state index in [1.54, 1.807) is 0 Å². The third-order valence-electron chi connectivity index (χ3n) is 3.74. The Morgan fingerprint density at radius 2 is 1.75 bits per heavy atom. The van der Waals surface area contributed by atoms with Crippen molar-refractivity contribution in [1.82, 2.24) is 9.55 Å². The van der Waals surface area contributed by atoms with E-state index in [2.05, 4.69) is 24.8 Å². The van der Waals surface area contributed by atoms with E-state index in [1.807, 2.05) is 4.57 Å². The first kappa shape index (κ1) is 16.6. The maximum atomic E-state index is 6.15. The molecular formula is C17H29N3. The molecule has 0 saturated carbocycles. The van der Waals surface area contributed by atoms with E-state index in [0.717, 1.165) is 30.2 Å². The summed E-state index contributed by atoms with van der Waals surface area (Å²) in [6.07, 6.45) is 16.4. The molecule has 3 heteroatoms. The van der Waals surface area contributed by atoms with Crippen LogP contribution in [0.15, 0.2) is 0 Å². The zero-order chi connectivity index (χ0) is 14.8. The Bertz CT molecular complexity index is 426. The first-order chi connectivity index (χ1) is 9.74. The van der Waals surface area contributed by atoms with Crippen molar-refractivity contribution >= 4 is 5.82 Å². The Labute approximate surface area is 124 Å². The molecule has 0 aliphatic heterocycles. The number of nitrogens with two attached hydrogens (primary N) is 1. The molecule has 0 saturated heterocycles. The van der Waals surface area contributed by atoms with Gasteiger partial charge in [0.25, 0.3) is 0 Å². The van der Waals surface area contributed by atoms with Crippen LogP contribution in [0.2, 0.25) is 0 Å². The van der Waals surface area contributed by atoms with E-state index in [9.17, 15) is 0 Å². The van der Waals surface area contributed by atoms with Crippen LogP contribution in [-0.2, 0) is 19.4 Å². The molecule has 0 unspecified atom stereocenters. The van der Waals surface area contributed by atoms with Gasteiger partial charge in [-0.05, 0) is 12.8 Å². The third-order valence-corrected chi connectivity index (χ3v) is 3.74. The molecule has 0 radical (unpaired) electrons. The van der Waals surface area contributed by atoms with E-state index < -0.39 is 0 Å². The van der Waals surface area contributed by atoms with E-state index in [4.69, 9.17) is 12.2 Å². The first-order valence-corrected chi connectivity index (χ1v) is 8.01. The highest BCUT2D eigenvalue weighted by Gasteiger charge is 2.12. The van der Waals surface area contributed by atoms with Crippen molar-refractivity contribution in [3.8, 4) is 12.3 Å². The van der Waals surface area contributed by atoms with Crippen LogP contribution < -0.4 is 5.73 Å². The van der Waals surface area contributed by atoms with Crippen LogP contribution in [0, 0.1) is 12.3 Å². The fourth-order valence-electron chi connectivity index (χ4n) is 2.54. The van der Waals surface area contributed by atoms with Crippen LogP contribution in [-0.4, -0.2) is 9.55 Å². The highest BCUT2D eigenvalue weighted by molar-refractivity contribution is 5.39. The normalized spacial score (nSPS) is 10.7. The summed E-state index contributed by atoms with van der Waals surface area (Å²) < 4.78 is 1.97. The molecule has 3 nitrogen and oxygen atoms in total. The summed E-state index contributed by atoms with van der Waals surface area (Å²) in [4.78, 5) is 4.64. The van der Waals surface area contributed by atoms with Crippen LogP contribution >= 0.6 is 0 Å². The molecule has 0 bridgehead atoms. The zero-order valence-corrected chi connectivity index (χ0v) is 13.1. The minimum Gasteiger partial charge on any atom is -0.384 e. The minimum absolute atomic E-state index is 0.527. The van der Waals surface area contributed by atoms with E-state index in [1.165, 1.54) is 44.9 Å². The molecule has 0 atom stereocenters. The summed E-state index contributed by atoms with van der Waals surface area (Å²) in [5.41, 5.74) is 7.18. The van der Waals surface area contributed by atoms with Gasteiger partial charge >= 0.3 is 0 Å². The van der Waals surface area contributed by atoms with Crippen molar-refractivity contribution in [1.29, 1.82) is 0 Å². The molecule has 112 valence electrons. The standard InChI is InChI=1S/C17H29N3/c1-4-7-8-9-10-11-12-13-15-17(18)20(14-5-2)16(6-3)19-15/h2H,4,6-14,18H2,1,3H3. The molecule has 0 fully saturated rings. The lowest BCUT2D eigenvalue weighted by atomic mass is 10.1. The van der Waals surface area contributed by atoms with Gasteiger partial charge < -0.3 is 10.3 Å². The third kappa shape index (κ3) is 4.92. The second-order valence-electron chi connectivity index (χ2n) is 5.38. The Kier molecular flexibility index (Phi) is 7.87. The molecule has 2 N–H and O–H groups in total. The van der Waals surface area contributed by atoms with Gasteiger partial charge in [0.2, 0.25) is 0 Å². The lowest BCUT2D eigenvalue weighted by Crippen LogP contribution is -2.05. The van der Waals surface area contributed by atoms with Crippen molar-refractivity contribution in [2.75, 3.05) is 5.73 Å². The Balaban J connectivity index is 2.39. The summed E-state index contributed by atoms with van der Waals surface area (Å²) >= 11 is 0. The molecule has 1 heterocycles. The number of aryl methyl sites for hydroxylation is 2. The Hall–Kier alpha value is -1.43. The van der Waals surface area contributed by atoms with Crippen LogP contribution in [0.4, 0.5) is 5.82 Å². The SMILES string of the molecule is C#CCn1c(CC)nc(CCCCCCCCC)c1N. The highest BCUT2D eigenvalue weighted by Crippen LogP contribution is 2.18. The molecule has 0 aliphatic rings. The Morgan fingerprint density at radius 1 is 1.10 bits per heavy atom. The van der Waals surface area contributed by atoms with Crippen molar-refractivity contribution in [2.24, 2.45) is 0 Å². The second kappa shape index (κ2) is 9.47. The predicted octanol–water partition coefficient (Wildman–Crippen LogP) is 3.95. The van der Waals surface area contributed by atoms with E-state index in [0.29, 0.717) is 6.54 Å². The van der Waals surface area contributed by atoms with Gasteiger partial charge in [0.05, 0.1) is 12.2 Å². The number of nitrogens with zero attached hydrogens (tertiary/aromatic N) is 2. The smallest absolute Gasteiger partial charge is 0.127 e. The van der Waals surface area contributed by atoms with Gasteiger partial charge in [0, 0.05) is 6.42 Å². The van der Waals surface area contributed by atoms with Gasteiger partial charge in [-0.2, -0.15) is 0 Å². The van der Waals surface area contributed by atoms with E-state index in [-0.39, 0.29) is 0 Å². The minimum atomic E-state index is 0.527. The van der Waals surface area contributed by atoms with Gasteiger partial charge in [0.1, 0.15) is 11.6 Å². The number of rotatable bonds is 10.